The quantitative estimate of drug-likeness (QED) is 0.621. The molecule has 0 spiro atoms. The van der Waals surface area contributed by atoms with E-state index in [1.165, 1.54) is 45.4 Å². The highest BCUT2D eigenvalue weighted by molar-refractivity contribution is 4.73. The van der Waals surface area contributed by atoms with Crippen molar-refractivity contribution in [3.8, 4) is 0 Å². The van der Waals surface area contributed by atoms with Gasteiger partial charge in [0.1, 0.15) is 0 Å². The van der Waals surface area contributed by atoms with Crippen molar-refractivity contribution in [1.82, 2.24) is 15.1 Å². The molecule has 1 atom stereocenters. The Morgan fingerprint density at radius 1 is 1.33 bits per heavy atom. The Balaban J connectivity index is 1.98. The molecule has 1 aliphatic heterocycles. The van der Waals surface area contributed by atoms with E-state index in [2.05, 4.69) is 29.2 Å². The SMILES string of the molecule is COCC1CCCN(CCNCCCN(C)C)C1. The largest absolute Gasteiger partial charge is 0.384 e. The maximum absolute atomic E-state index is 5.26. The van der Waals surface area contributed by atoms with Gasteiger partial charge in [-0.1, -0.05) is 0 Å². The predicted molar refractivity (Wildman–Crippen MR) is 77.1 cm³/mol. The van der Waals surface area contributed by atoms with E-state index in [0.717, 1.165) is 25.6 Å². The van der Waals surface area contributed by atoms with Crippen LogP contribution in [0, 0.1) is 5.92 Å². The molecule has 0 radical (unpaired) electrons. The average Bonchev–Trinajstić information content (AvgIpc) is 2.34. The molecule has 0 aromatic rings. The van der Waals surface area contributed by atoms with Gasteiger partial charge in [-0.15, -0.1) is 0 Å². The summed E-state index contributed by atoms with van der Waals surface area (Å²) in [7, 11) is 6.07. The lowest BCUT2D eigenvalue weighted by atomic mass is 9.99. The lowest BCUT2D eigenvalue weighted by Gasteiger charge is -2.32. The van der Waals surface area contributed by atoms with Crippen LogP contribution in [0.2, 0.25) is 0 Å². The van der Waals surface area contributed by atoms with E-state index < -0.39 is 0 Å². The molecule has 1 heterocycles. The second-order valence-corrected chi connectivity index (χ2v) is 5.67. The summed E-state index contributed by atoms with van der Waals surface area (Å²) in [6.07, 6.45) is 3.90. The second kappa shape index (κ2) is 9.73. The van der Waals surface area contributed by atoms with Crippen LogP contribution in [0.3, 0.4) is 0 Å². The molecule has 1 fully saturated rings. The summed E-state index contributed by atoms with van der Waals surface area (Å²) in [4.78, 5) is 4.81. The number of hydrogen-bond donors (Lipinski definition) is 1. The van der Waals surface area contributed by atoms with Crippen LogP contribution in [-0.2, 0) is 4.74 Å². The molecule has 1 N–H and O–H groups in total. The minimum Gasteiger partial charge on any atom is -0.384 e. The van der Waals surface area contributed by atoms with Gasteiger partial charge in [0.05, 0.1) is 6.61 Å². The molecular weight excluding hydrogens is 226 g/mol. The van der Waals surface area contributed by atoms with E-state index in [1.807, 2.05) is 7.11 Å². The summed E-state index contributed by atoms with van der Waals surface area (Å²) in [6.45, 7) is 8.01. The zero-order chi connectivity index (χ0) is 13.2. The molecule has 0 bridgehead atoms. The fourth-order valence-corrected chi connectivity index (χ4v) is 2.61. The molecule has 108 valence electrons. The molecule has 1 aliphatic rings. The molecule has 0 saturated carbocycles. The van der Waals surface area contributed by atoms with E-state index in [9.17, 15) is 0 Å². The molecule has 0 amide bonds. The number of nitrogens with one attached hydrogen (secondary N) is 1. The van der Waals surface area contributed by atoms with E-state index in [-0.39, 0.29) is 0 Å². The Labute approximate surface area is 113 Å². The summed E-state index contributed by atoms with van der Waals surface area (Å²) < 4.78 is 5.26. The Morgan fingerprint density at radius 2 is 2.17 bits per heavy atom. The Bertz CT molecular complexity index is 197. The van der Waals surface area contributed by atoms with Gasteiger partial charge in [-0.2, -0.15) is 0 Å². The van der Waals surface area contributed by atoms with Crippen molar-refractivity contribution in [3.05, 3.63) is 0 Å². The highest BCUT2D eigenvalue weighted by Gasteiger charge is 2.18. The Hall–Kier alpha value is -0.160. The van der Waals surface area contributed by atoms with Gasteiger partial charge in [-0.25, -0.2) is 0 Å². The number of methoxy groups -OCH3 is 1. The molecular formula is C14H31N3O. The van der Waals surface area contributed by atoms with Crippen molar-refractivity contribution in [2.75, 3.05) is 67.1 Å². The normalized spacial score (nSPS) is 21.7. The number of likely N-dealkylation sites (tertiary alicyclic amines) is 1. The van der Waals surface area contributed by atoms with E-state index in [1.54, 1.807) is 0 Å². The van der Waals surface area contributed by atoms with E-state index >= 15 is 0 Å². The molecule has 4 nitrogen and oxygen atoms in total. The van der Waals surface area contributed by atoms with E-state index in [4.69, 9.17) is 4.74 Å². The molecule has 1 saturated heterocycles. The molecule has 0 aromatic carbocycles. The molecule has 1 unspecified atom stereocenters. The molecule has 1 rings (SSSR count). The molecule has 0 aliphatic carbocycles. The van der Waals surface area contributed by atoms with Gasteiger partial charge in [-0.3, -0.25) is 0 Å². The third-order valence-electron chi connectivity index (χ3n) is 3.57. The summed E-state index contributed by atoms with van der Waals surface area (Å²) >= 11 is 0. The van der Waals surface area contributed by atoms with Crippen LogP contribution in [0.15, 0.2) is 0 Å². The first kappa shape index (κ1) is 15.9. The monoisotopic (exact) mass is 257 g/mol. The molecule has 4 heteroatoms. The van der Waals surface area contributed by atoms with Gasteiger partial charge in [0.2, 0.25) is 0 Å². The van der Waals surface area contributed by atoms with Gasteiger partial charge in [0.25, 0.3) is 0 Å². The number of ether oxygens (including phenoxy) is 1. The maximum Gasteiger partial charge on any atom is 0.0502 e. The summed E-state index contributed by atoms with van der Waals surface area (Å²) in [5.74, 6) is 0.748. The van der Waals surface area contributed by atoms with Crippen LogP contribution >= 0.6 is 0 Å². The average molecular weight is 257 g/mol. The topological polar surface area (TPSA) is 27.7 Å². The van der Waals surface area contributed by atoms with Crippen molar-refractivity contribution in [2.24, 2.45) is 5.92 Å². The van der Waals surface area contributed by atoms with Gasteiger partial charge < -0.3 is 19.9 Å². The minimum absolute atomic E-state index is 0.748. The lowest BCUT2D eigenvalue weighted by Crippen LogP contribution is -2.41. The third-order valence-corrected chi connectivity index (χ3v) is 3.57. The third kappa shape index (κ3) is 7.31. The summed E-state index contributed by atoms with van der Waals surface area (Å²) in [6, 6.07) is 0. The summed E-state index contributed by atoms with van der Waals surface area (Å²) in [5.41, 5.74) is 0. The van der Waals surface area contributed by atoms with Crippen molar-refractivity contribution < 1.29 is 4.74 Å². The zero-order valence-corrected chi connectivity index (χ0v) is 12.5. The van der Waals surface area contributed by atoms with E-state index in [0.29, 0.717) is 0 Å². The standard InChI is InChI=1S/C14H31N3O/c1-16(2)9-5-7-15-8-11-17-10-4-6-14(12-17)13-18-3/h14-15H,4-13H2,1-3H3. The second-order valence-electron chi connectivity index (χ2n) is 5.67. The van der Waals surface area contributed by atoms with Crippen molar-refractivity contribution in [2.45, 2.75) is 19.3 Å². The highest BCUT2D eigenvalue weighted by Crippen LogP contribution is 2.15. The van der Waals surface area contributed by atoms with Gasteiger partial charge in [0.15, 0.2) is 0 Å². The fourth-order valence-electron chi connectivity index (χ4n) is 2.61. The van der Waals surface area contributed by atoms with Gasteiger partial charge in [-0.05, 0) is 58.9 Å². The maximum atomic E-state index is 5.26. The van der Waals surface area contributed by atoms with Gasteiger partial charge >= 0.3 is 0 Å². The minimum atomic E-state index is 0.748. The Morgan fingerprint density at radius 3 is 2.89 bits per heavy atom. The number of hydrogen-bond acceptors (Lipinski definition) is 4. The van der Waals surface area contributed by atoms with Crippen LogP contribution < -0.4 is 5.32 Å². The fraction of sp³-hybridized carbons (Fsp3) is 1.00. The Kier molecular flexibility index (Phi) is 8.59. The lowest BCUT2D eigenvalue weighted by molar-refractivity contribution is 0.0911. The first-order chi connectivity index (χ1) is 8.72. The molecule has 18 heavy (non-hydrogen) atoms. The summed E-state index contributed by atoms with van der Waals surface area (Å²) in [5, 5.41) is 3.54. The molecule has 0 aromatic heterocycles. The van der Waals surface area contributed by atoms with Crippen LogP contribution in [-0.4, -0.2) is 76.9 Å². The zero-order valence-electron chi connectivity index (χ0n) is 12.5. The first-order valence-electron chi connectivity index (χ1n) is 7.29. The van der Waals surface area contributed by atoms with Gasteiger partial charge in [0, 0.05) is 26.7 Å². The van der Waals surface area contributed by atoms with Crippen LogP contribution in [0.25, 0.3) is 0 Å². The van der Waals surface area contributed by atoms with Crippen LogP contribution in [0.5, 0.6) is 0 Å². The number of nitrogens with zero attached hydrogens (tertiary/aromatic N) is 2. The van der Waals surface area contributed by atoms with Crippen molar-refractivity contribution >= 4 is 0 Å². The van der Waals surface area contributed by atoms with Crippen LogP contribution in [0.1, 0.15) is 19.3 Å². The van der Waals surface area contributed by atoms with Crippen molar-refractivity contribution in [3.63, 3.8) is 0 Å². The predicted octanol–water partition coefficient (Wildman–Crippen LogP) is 0.886. The smallest absolute Gasteiger partial charge is 0.0502 e. The highest BCUT2D eigenvalue weighted by atomic mass is 16.5. The van der Waals surface area contributed by atoms with Crippen LogP contribution in [0.4, 0.5) is 0 Å². The first-order valence-corrected chi connectivity index (χ1v) is 7.29. The van der Waals surface area contributed by atoms with Crippen molar-refractivity contribution in [1.29, 1.82) is 0 Å². The number of rotatable bonds is 9. The number of piperidine rings is 1.